The smallest absolute Gasteiger partial charge is 0.363 e. The molecule has 0 radical (unpaired) electrons. The van der Waals surface area contributed by atoms with Crippen molar-refractivity contribution in [1.29, 1.82) is 0 Å². The van der Waals surface area contributed by atoms with Crippen LogP contribution >= 0.6 is 0 Å². The molecule has 2 heterocycles. The fraction of sp³-hybridized carbons (Fsp3) is 0.417. The number of benzene rings is 1. The van der Waals surface area contributed by atoms with Crippen LogP contribution in [0, 0.1) is 0 Å². The Morgan fingerprint density at radius 2 is 2.17 bits per heavy atom. The molecule has 0 aliphatic carbocycles. The predicted molar refractivity (Wildman–Crippen MR) is 55.6 cm³/mol. The second kappa shape index (κ2) is 3.71. The molecule has 1 saturated heterocycles. The van der Waals surface area contributed by atoms with Gasteiger partial charge in [0.15, 0.2) is 0 Å². The number of hydrogen-bond donors (Lipinski definition) is 1. The maximum absolute atomic E-state index is 12.9. The van der Waals surface area contributed by atoms with E-state index >= 15 is 0 Å². The molecule has 1 aromatic carbocycles. The van der Waals surface area contributed by atoms with Crippen LogP contribution in [0.5, 0.6) is 0 Å². The average molecular weight is 257 g/mol. The van der Waals surface area contributed by atoms with Crippen LogP contribution in [0.1, 0.15) is 35.3 Å². The van der Waals surface area contributed by atoms with Crippen LogP contribution < -0.4 is 5.32 Å². The first-order valence-electron chi connectivity index (χ1n) is 5.57. The monoisotopic (exact) mass is 257 g/mol. The second-order valence-corrected chi connectivity index (χ2v) is 4.48. The first-order valence-corrected chi connectivity index (χ1v) is 5.57. The summed E-state index contributed by atoms with van der Waals surface area (Å²) in [6, 6.07) is 3.74. The number of fused-ring (bicyclic) bond motifs is 5. The first-order chi connectivity index (χ1) is 8.52. The topological polar surface area (TPSA) is 38.3 Å². The van der Waals surface area contributed by atoms with Crippen LogP contribution in [0.15, 0.2) is 18.2 Å². The molecule has 1 fully saturated rings. The molecule has 0 spiro atoms. The Labute approximate surface area is 101 Å². The molecule has 1 amide bonds. The van der Waals surface area contributed by atoms with Crippen LogP contribution in [0.4, 0.5) is 13.2 Å². The summed E-state index contributed by atoms with van der Waals surface area (Å²) in [5.74, 6) is 0. The Morgan fingerprint density at radius 1 is 1.39 bits per heavy atom. The molecule has 18 heavy (non-hydrogen) atoms. The summed E-state index contributed by atoms with van der Waals surface area (Å²) in [5, 5.41) is 2.52. The zero-order chi connectivity index (χ0) is 12.9. The standard InChI is InChI=1S/C12H10F3NO2/c13-12(14,15)7-3-1-2-6-9-4-8(16-5-17)11(18-9)10(6)7/h1-3,5,8-9,11H,4H2,(H,16,17). The molecular formula is C12H10F3NO2. The fourth-order valence-corrected chi connectivity index (χ4v) is 2.82. The first kappa shape index (κ1) is 11.5. The SMILES string of the molecule is O=CNC1CC2OC1c1c2cccc1C(F)(F)F. The molecular weight excluding hydrogens is 247 g/mol. The van der Waals surface area contributed by atoms with Gasteiger partial charge >= 0.3 is 6.18 Å². The van der Waals surface area contributed by atoms with Gasteiger partial charge in [0.25, 0.3) is 0 Å². The van der Waals surface area contributed by atoms with Crippen molar-refractivity contribution in [3.05, 3.63) is 34.9 Å². The van der Waals surface area contributed by atoms with E-state index in [2.05, 4.69) is 5.32 Å². The molecule has 6 heteroatoms. The van der Waals surface area contributed by atoms with Gasteiger partial charge in [-0.05, 0) is 11.6 Å². The number of alkyl halides is 3. The third kappa shape index (κ3) is 1.52. The van der Waals surface area contributed by atoms with Crippen molar-refractivity contribution in [1.82, 2.24) is 5.32 Å². The van der Waals surface area contributed by atoms with Gasteiger partial charge in [0.1, 0.15) is 6.10 Å². The highest BCUT2D eigenvalue weighted by Crippen LogP contribution is 2.53. The Balaban J connectivity index is 2.08. The molecule has 0 saturated carbocycles. The number of carbonyl (C=O) groups excluding carboxylic acids is 1. The van der Waals surface area contributed by atoms with Gasteiger partial charge in [-0.3, -0.25) is 4.79 Å². The van der Waals surface area contributed by atoms with E-state index < -0.39 is 17.8 Å². The summed E-state index contributed by atoms with van der Waals surface area (Å²) in [5.41, 5.74) is 0.115. The lowest BCUT2D eigenvalue weighted by molar-refractivity contribution is -0.139. The van der Waals surface area contributed by atoms with E-state index in [1.165, 1.54) is 6.07 Å². The highest BCUT2D eigenvalue weighted by Gasteiger charge is 2.49. The molecule has 1 N–H and O–H groups in total. The van der Waals surface area contributed by atoms with Crippen LogP contribution in [-0.2, 0) is 15.7 Å². The van der Waals surface area contributed by atoms with E-state index in [-0.39, 0.29) is 17.7 Å². The Bertz CT molecular complexity index is 501. The quantitative estimate of drug-likeness (QED) is 0.826. The zero-order valence-corrected chi connectivity index (χ0v) is 9.20. The lowest BCUT2D eigenvalue weighted by atomic mass is 9.85. The number of halogens is 3. The summed E-state index contributed by atoms with van der Waals surface area (Å²) in [7, 11) is 0. The summed E-state index contributed by atoms with van der Waals surface area (Å²) >= 11 is 0. The number of hydrogen-bond acceptors (Lipinski definition) is 2. The molecule has 3 unspecified atom stereocenters. The number of rotatable bonds is 2. The third-order valence-electron chi connectivity index (χ3n) is 3.50. The Kier molecular flexibility index (Phi) is 2.38. The summed E-state index contributed by atoms with van der Waals surface area (Å²) in [6.45, 7) is 0. The maximum atomic E-state index is 12.9. The van der Waals surface area contributed by atoms with Crippen LogP contribution in [-0.4, -0.2) is 12.5 Å². The fourth-order valence-electron chi connectivity index (χ4n) is 2.82. The largest absolute Gasteiger partial charge is 0.416 e. The van der Waals surface area contributed by atoms with E-state index in [1.807, 2.05) is 0 Å². The van der Waals surface area contributed by atoms with E-state index in [0.29, 0.717) is 18.4 Å². The van der Waals surface area contributed by atoms with Crippen molar-refractivity contribution in [3.63, 3.8) is 0 Å². The second-order valence-electron chi connectivity index (χ2n) is 4.48. The molecule has 0 aromatic heterocycles. The molecule has 3 rings (SSSR count). The minimum atomic E-state index is -4.40. The number of ether oxygens (including phenoxy) is 1. The van der Waals surface area contributed by atoms with Gasteiger partial charge < -0.3 is 10.1 Å². The highest BCUT2D eigenvalue weighted by molar-refractivity contribution is 5.51. The summed E-state index contributed by atoms with van der Waals surface area (Å²) < 4.78 is 44.3. The normalized spacial score (nSPS) is 29.2. The van der Waals surface area contributed by atoms with Gasteiger partial charge in [-0.15, -0.1) is 0 Å². The molecule has 1 aromatic rings. The van der Waals surface area contributed by atoms with Crippen molar-refractivity contribution in [2.24, 2.45) is 0 Å². The molecule has 2 bridgehead atoms. The van der Waals surface area contributed by atoms with Gasteiger partial charge in [0, 0.05) is 12.0 Å². The van der Waals surface area contributed by atoms with E-state index in [9.17, 15) is 18.0 Å². The Hall–Kier alpha value is -1.56. The predicted octanol–water partition coefficient (Wildman–Crippen LogP) is 2.34. The third-order valence-corrected chi connectivity index (χ3v) is 3.50. The number of carbonyl (C=O) groups is 1. The van der Waals surface area contributed by atoms with Gasteiger partial charge in [0.2, 0.25) is 6.41 Å². The van der Waals surface area contributed by atoms with Crippen LogP contribution in [0.2, 0.25) is 0 Å². The van der Waals surface area contributed by atoms with Gasteiger partial charge in [-0.2, -0.15) is 13.2 Å². The molecule has 3 atom stereocenters. The molecule has 96 valence electrons. The molecule has 2 aliphatic rings. The average Bonchev–Trinajstić information content (AvgIpc) is 2.86. The Morgan fingerprint density at radius 3 is 2.83 bits per heavy atom. The summed E-state index contributed by atoms with van der Waals surface area (Å²) in [4.78, 5) is 10.4. The molecule has 3 nitrogen and oxygen atoms in total. The summed E-state index contributed by atoms with van der Waals surface area (Å²) in [6.07, 6.45) is -4.40. The minimum Gasteiger partial charge on any atom is -0.363 e. The zero-order valence-electron chi connectivity index (χ0n) is 9.20. The molecule has 2 aliphatic heterocycles. The maximum Gasteiger partial charge on any atom is 0.416 e. The van der Waals surface area contributed by atoms with Gasteiger partial charge in [-0.25, -0.2) is 0 Å². The van der Waals surface area contributed by atoms with Gasteiger partial charge in [0.05, 0.1) is 17.7 Å². The van der Waals surface area contributed by atoms with Crippen LogP contribution in [0.3, 0.4) is 0 Å². The van der Waals surface area contributed by atoms with E-state index in [0.717, 1.165) is 6.07 Å². The number of amides is 1. The van der Waals surface area contributed by atoms with Crippen LogP contribution in [0.25, 0.3) is 0 Å². The lowest BCUT2D eigenvalue weighted by Gasteiger charge is -2.23. The van der Waals surface area contributed by atoms with E-state index in [4.69, 9.17) is 4.74 Å². The van der Waals surface area contributed by atoms with Crippen molar-refractivity contribution in [2.45, 2.75) is 30.8 Å². The van der Waals surface area contributed by atoms with Crippen molar-refractivity contribution >= 4 is 6.41 Å². The minimum absolute atomic E-state index is 0.181. The van der Waals surface area contributed by atoms with Crippen molar-refractivity contribution in [2.75, 3.05) is 0 Å². The number of nitrogens with one attached hydrogen (secondary N) is 1. The highest BCUT2D eigenvalue weighted by atomic mass is 19.4. The van der Waals surface area contributed by atoms with Crippen molar-refractivity contribution < 1.29 is 22.7 Å². The van der Waals surface area contributed by atoms with Gasteiger partial charge in [-0.1, -0.05) is 12.1 Å². The van der Waals surface area contributed by atoms with E-state index in [1.54, 1.807) is 6.07 Å². The van der Waals surface area contributed by atoms with Crippen molar-refractivity contribution in [3.8, 4) is 0 Å². The lowest BCUT2D eigenvalue weighted by Crippen LogP contribution is -2.33.